The second-order valence-electron chi connectivity index (χ2n) is 5.33. The van der Waals surface area contributed by atoms with Gasteiger partial charge in [0.05, 0.1) is 12.6 Å². The Morgan fingerprint density at radius 2 is 1.85 bits per heavy atom. The molecule has 1 aromatic rings. The van der Waals surface area contributed by atoms with E-state index in [1.807, 2.05) is 37.3 Å². The van der Waals surface area contributed by atoms with E-state index < -0.39 is 0 Å². The first kappa shape index (κ1) is 16.7. The van der Waals surface area contributed by atoms with Gasteiger partial charge in [0, 0.05) is 18.8 Å². The van der Waals surface area contributed by atoms with Gasteiger partial charge in [-0.1, -0.05) is 32.0 Å². The van der Waals surface area contributed by atoms with E-state index >= 15 is 0 Å². The third-order valence-electron chi connectivity index (χ3n) is 2.97. The molecule has 112 valence electrons. The van der Waals surface area contributed by atoms with E-state index in [4.69, 9.17) is 4.74 Å². The molecule has 1 amide bonds. The first-order valence-corrected chi connectivity index (χ1v) is 7.26. The molecule has 0 heterocycles. The third kappa shape index (κ3) is 7.26. The van der Waals surface area contributed by atoms with Gasteiger partial charge in [0.25, 0.3) is 0 Å². The number of nitrogens with one attached hydrogen (secondary N) is 2. The second kappa shape index (κ2) is 9.50. The molecule has 0 aliphatic rings. The lowest BCUT2D eigenvalue weighted by molar-refractivity contribution is -0.117. The fraction of sp³-hybridized carbons (Fsp3) is 0.562. The molecule has 1 unspecified atom stereocenters. The van der Waals surface area contributed by atoms with Crippen molar-refractivity contribution in [2.45, 2.75) is 33.2 Å². The van der Waals surface area contributed by atoms with Crippen molar-refractivity contribution in [2.75, 3.05) is 25.1 Å². The smallest absolute Gasteiger partial charge is 0.241 e. The van der Waals surface area contributed by atoms with Crippen LogP contribution in [0.3, 0.4) is 0 Å². The summed E-state index contributed by atoms with van der Waals surface area (Å²) in [6.45, 7) is 8.31. The Balaban J connectivity index is 2.13. The number of benzene rings is 1. The summed E-state index contributed by atoms with van der Waals surface area (Å²) in [4.78, 5) is 11.9. The first-order valence-electron chi connectivity index (χ1n) is 7.26. The predicted molar refractivity (Wildman–Crippen MR) is 82.8 cm³/mol. The van der Waals surface area contributed by atoms with Crippen LogP contribution in [-0.4, -0.2) is 31.7 Å². The number of ether oxygens (including phenoxy) is 1. The van der Waals surface area contributed by atoms with Gasteiger partial charge in [-0.3, -0.25) is 4.79 Å². The number of hydrogen-bond donors (Lipinski definition) is 2. The summed E-state index contributed by atoms with van der Waals surface area (Å²) in [6, 6.07) is 9.24. The number of amides is 1. The van der Waals surface area contributed by atoms with E-state index in [2.05, 4.69) is 24.5 Å². The van der Waals surface area contributed by atoms with Crippen LogP contribution in [0.1, 0.15) is 27.2 Å². The van der Waals surface area contributed by atoms with E-state index in [9.17, 15) is 4.79 Å². The molecule has 2 N–H and O–H groups in total. The summed E-state index contributed by atoms with van der Waals surface area (Å²) in [6.07, 6.45) is 1.07. The molecule has 0 saturated heterocycles. The molecule has 1 atom stereocenters. The van der Waals surface area contributed by atoms with Crippen molar-refractivity contribution in [2.24, 2.45) is 5.92 Å². The molecular formula is C16H26N2O2. The number of para-hydroxylation sites is 1. The van der Waals surface area contributed by atoms with Gasteiger partial charge in [-0.15, -0.1) is 0 Å². The minimum Gasteiger partial charge on any atom is -0.380 e. The lowest BCUT2D eigenvalue weighted by atomic mass is 10.1. The molecule has 4 heteroatoms. The van der Waals surface area contributed by atoms with Gasteiger partial charge in [-0.05, 0) is 31.4 Å². The van der Waals surface area contributed by atoms with Crippen LogP contribution in [0.4, 0.5) is 5.69 Å². The van der Waals surface area contributed by atoms with Crippen LogP contribution in [0.15, 0.2) is 30.3 Å². The van der Waals surface area contributed by atoms with E-state index in [1.165, 1.54) is 0 Å². The molecule has 4 nitrogen and oxygen atoms in total. The summed E-state index contributed by atoms with van der Waals surface area (Å²) >= 11 is 0. The zero-order valence-corrected chi connectivity index (χ0v) is 12.7. The van der Waals surface area contributed by atoms with Crippen LogP contribution < -0.4 is 10.6 Å². The normalized spacial score (nSPS) is 12.4. The zero-order chi connectivity index (χ0) is 14.8. The van der Waals surface area contributed by atoms with Gasteiger partial charge < -0.3 is 15.4 Å². The fourth-order valence-corrected chi connectivity index (χ4v) is 1.63. The maximum Gasteiger partial charge on any atom is 0.241 e. The number of carbonyl (C=O) groups is 1. The first-order chi connectivity index (χ1) is 9.59. The Bertz CT molecular complexity index is 379. The standard InChI is InChI=1S/C16H26N2O2/c1-13(2)9-11-20-12-10-17-14(3)16(19)18-15-7-5-4-6-8-15/h4-8,13-14,17H,9-12H2,1-3H3,(H,18,19). The SMILES string of the molecule is CC(C)CCOCCNC(C)C(=O)Nc1ccccc1. The van der Waals surface area contributed by atoms with Crippen molar-refractivity contribution < 1.29 is 9.53 Å². The lowest BCUT2D eigenvalue weighted by Gasteiger charge is -2.14. The highest BCUT2D eigenvalue weighted by molar-refractivity contribution is 5.94. The number of anilines is 1. The quantitative estimate of drug-likeness (QED) is 0.683. The van der Waals surface area contributed by atoms with Gasteiger partial charge in [0.1, 0.15) is 0 Å². The number of hydrogen-bond acceptors (Lipinski definition) is 3. The van der Waals surface area contributed by atoms with Gasteiger partial charge >= 0.3 is 0 Å². The third-order valence-corrected chi connectivity index (χ3v) is 2.97. The van der Waals surface area contributed by atoms with Crippen molar-refractivity contribution in [1.82, 2.24) is 5.32 Å². The summed E-state index contributed by atoms with van der Waals surface area (Å²) in [7, 11) is 0. The Morgan fingerprint density at radius 3 is 2.50 bits per heavy atom. The highest BCUT2D eigenvalue weighted by Gasteiger charge is 2.11. The minimum atomic E-state index is -0.232. The van der Waals surface area contributed by atoms with Gasteiger partial charge in [0.2, 0.25) is 5.91 Å². The van der Waals surface area contributed by atoms with Crippen molar-refractivity contribution in [3.63, 3.8) is 0 Å². The van der Waals surface area contributed by atoms with Crippen molar-refractivity contribution in [3.8, 4) is 0 Å². The van der Waals surface area contributed by atoms with E-state index in [0.717, 1.165) is 18.7 Å². The summed E-state index contributed by atoms with van der Waals surface area (Å²) in [5.74, 6) is 0.636. The predicted octanol–water partition coefficient (Wildman–Crippen LogP) is 2.67. The summed E-state index contributed by atoms with van der Waals surface area (Å²) < 4.78 is 5.50. The zero-order valence-electron chi connectivity index (χ0n) is 12.7. The Morgan fingerprint density at radius 1 is 1.15 bits per heavy atom. The van der Waals surface area contributed by atoms with Crippen molar-refractivity contribution in [1.29, 1.82) is 0 Å². The van der Waals surface area contributed by atoms with E-state index in [-0.39, 0.29) is 11.9 Å². The topological polar surface area (TPSA) is 50.4 Å². The fourth-order valence-electron chi connectivity index (χ4n) is 1.63. The molecule has 0 aliphatic heterocycles. The van der Waals surface area contributed by atoms with E-state index in [0.29, 0.717) is 19.1 Å². The highest BCUT2D eigenvalue weighted by atomic mass is 16.5. The van der Waals surface area contributed by atoms with E-state index in [1.54, 1.807) is 0 Å². The molecule has 0 saturated carbocycles. The van der Waals surface area contributed by atoms with Crippen LogP contribution >= 0.6 is 0 Å². The molecule has 0 aliphatic carbocycles. The molecule has 20 heavy (non-hydrogen) atoms. The Kier molecular flexibility index (Phi) is 7.92. The summed E-state index contributed by atoms with van der Waals surface area (Å²) in [5.41, 5.74) is 0.819. The van der Waals surface area contributed by atoms with Crippen molar-refractivity contribution >= 4 is 11.6 Å². The Labute approximate surface area is 121 Å². The average Bonchev–Trinajstić information content (AvgIpc) is 2.43. The number of carbonyl (C=O) groups excluding carboxylic acids is 1. The highest BCUT2D eigenvalue weighted by Crippen LogP contribution is 2.05. The molecule has 0 spiro atoms. The maximum atomic E-state index is 11.9. The van der Waals surface area contributed by atoms with Gasteiger partial charge in [-0.25, -0.2) is 0 Å². The molecule has 1 rings (SSSR count). The number of rotatable bonds is 9. The molecular weight excluding hydrogens is 252 g/mol. The van der Waals surface area contributed by atoms with Crippen LogP contribution in [0, 0.1) is 5.92 Å². The minimum absolute atomic E-state index is 0.0293. The maximum absolute atomic E-state index is 11.9. The molecule has 1 aromatic carbocycles. The lowest BCUT2D eigenvalue weighted by Crippen LogP contribution is -2.39. The molecule has 0 bridgehead atoms. The summed E-state index contributed by atoms with van der Waals surface area (Å²) in [5, 5.41) is 6.02. The second-order valence-corrected chi connectivity index (χ2v) is 5.33. The molecule has 0 aromatic heterocycles. The Hall–Kier alpha value is -1.39. The van der Waals surface area contributed by atoms with Crippen LogP contribution in [0.2, 0.25) is 0 Å². The monoisotopic (exact) mass is 278 g/mol. The molecule has 0 radical (unpaired) electrons. The van der Waals surface area contributed by atoms with Crippen LogP contribution in [0.25, 0.3) is 0 Å². The van der Waals surface area contributed by atoms with Crippen LogP contribution in [-0.2, 0) is 9.53 Å². The van der Waals surface area contributed by atoms with Crippen LogP contribution in [0.5, 0.6) is 0 Å². The largest absolute Gasteiger partial charge is 0.380 e. The van der Waals surface area contributed by atoms with Gasteiger partial charge in [0.15, 0.2) is 0 Å². The average molecular weight is 278 g/mol. The molecule has 0 fully saturated rings. The van der Waals surface area contributed by atoms with Crippen molar-refractivity contribution in [3.05, 3.63) is 30.3 Å². The van der Waals surface area contributed by atoms with Gasteiger partial charge in [-0.2, -0.15) is 0 Å².